The number of benzene rings is 1. The number of nitrogens with one attached hydrogen (secondary N) is 1. The molecule has 1 aromatic rings. The largest absolute Gasteiger partial charge is 0.399 e. The van der Waals surface area contributed by atoms with E-state index in [0.29, 0.717) is 24.6 Å². The van der Waals surface area contributed by atoms with Crippen LogP contribution in [0.5, 0.6) is 0 Å². The number of carbonyl (C=O) groups excluding carboxylic acids is 1. The van der Waals surface area contributed by atoms with Gasteiger partial charge in [-0.1, -0.05) is 31.4 Å². The molecule has 0 spiro atoms. The van der Waals surface area contributed by atoms with Crippen molar-refractivity contribution in [3.63, 3.8) is 0 Å². The molecule has 1 unspecified atom stereocenters. The summed E-state index contributed by atoms with van der Waals surface area (Å²) in [5, 5.41) is 12.9. The van der Waals surface area contributed by atoms with E-state index in [0.717, 1.165) is 18.4 Å². The fourth-order valence-electron chi connectivity index (χ4n) is 2.79. The highest BCUT2D eigenvalue weighted by molar-refractivity contribution is 5.78. The molecule has 1 aliphatic carbocycles. The molecule has 0 radical (unpaired) electrons. The highest BCUT2D eigenvalue weighted by Crippen LogP contribution is 2.26. The minimum Gasteiger partial charge on any atom is -0.399 e. The fraction of sp³-hybridized carbons (Fsp3) is 0.562. The van der Waals surface area contributed by atoms with Gasteiger partial charge in [0.2, 0.25) is 5.91 Å². The van der Waals surface area contributed by atoms with Crippen LogP contribution in [-0.4, -0.2) is 23.7 Å². The molecule has 0 heterocycles. The van der Waals surface area contributed by atoms with E-state index in [2.05, 4.69) is 5.32 Å². The zero-order valence-electron chi connectivity index (χ0n) is 11.8. The number of aliphatic hydroxyl groups excluding tert-OH is 1. The Morgan fingerprint density at radius 1 is 1.25 bits per heavy atom. The zero-order chi connectivity index (χ0) is 14.4. The number of nitrogen functional groups attached to an aromatic ring is 1. The van der Waals surface area contributed by atoms with Crippen LogP contribution >= 0.6 is 0 Å². The van der Waals surface area contributed by atoms with E-state index >= 15 is 0 Å². The van der Waals surface area contributed by atoms with Crippen LogP contribution < -0.4 is 11.1 Å². The van der Waals surface area contributed by atoms with Gasteiger partial charge < -0.3 is 16.2 Å². The van der Waals surface area contributed by atoms with E-state index in [-0.39, 0.29) is 5.91 Å². The fourth-order valence-corrected chi connectivity index (χ4v) is 2.79. The summed E-state index contributed by atoms with van der Waals surface area (Å²) in [6.45, 7) is 0.360. The van der Waals surface area contributed by atoms with Gasteiger partial charge >= 0.3 is 0 Å². The second-order valence-electron chi connectivity index (χ2n) is 5.69. The second kappa shape index (κ2) is 7.29. The number of hydrogen-bond donors (Lipinski definition) is 3. The van der Waals surface area contributed by atoms with E-state index in [1.807, 2.05) is 12.1 Å². The maximum Gasteiger partial charge on any atom is 0.224 e. The van der Waals surface area contributed by atoms with Crippen molar-refractivity contribution in [2.45, 2.75) is 44.6 Å². The highest BCUT2D eigenvalue weighted by atomic mass is 16.3. The van der Waals surface area contributed by atoms with Gasteiger partial charge in [-0.05, 0) is 36.5 Å². The van der Waals surface area contributed by atoms with E-state index in [1.165, 1.54) is 19.3 Å². The maximum atomic E-state index is 11.8. The van der Waals surface area contributed by atoms with Crippen LogP contribution in [0.3, 0.4) is 0 Å². The first-order valence-electron chi connectivity index (χ1n) is 7.44. The summed E-state index contributed by atoms with van der Waals surface area (Å²) in [4.78, 5) is 11.8. The van der Waals surface area contributed by atoms with Crippen LogP contribution in [0.15, 0.2) is 24.3 Å². The summed E-state index contributed by atoms with van der Waals surface area (Å²) in [6.07, 6.45) is 5.74. The second-order valence-corrected chi connectivity index (χ2v) is 5.69. The molecule has 4 heteroatoms. The smallest absolute Gasteiger partial charge is 0.224 e. The van der Waals surface area contributed by atoms with Crippen molar-refractivity contribution in [1.29, 1.82) is 0 Å². The van der Waals surface area contributed by atoms with Gasteiger partial charge in [0.05, 0.1) is 12.5 Å². The molecule has 0 aromatic heterocycles. The predicted octanol–water partition coefficient (Wildman–Crippen LogP) is 1.87. The Morgan fingerprint density at radius 3 is 2.55 bits per heavy atom. The van der Waals surface area contributed by atoms with E-state index < -0.39 is 6.10 Å². The summed E-state index contributed by atoms with van der Waals surface area (Å²) >= 11 is 0. The third-order valence-corrected chi connectivity index (χ3v) is 4.05. The average Bonchev–Trinajstić information content (AvgIpc) is 2.48. The number of rotatable bonds is 5. The number of amides is 1. The average molecular weight is 276 g/mol. The lowest BCUT2D eigenvalue weighted by atomic mass is 9.85. The van der Waals surface area contributed by atoms with Gasteiger partial charge in [0, 0.05) is 12.2 Å². The van der Waals surface area contributed by atoms with E-state index in [4.69, 9.17) is 5.73 Å². The van der Waals surface area contributed by atoms with Gasteiger partial charge in [-0.15, -0.1) is 0 Å². The summed E-state index contributed by atoms with van der Waals surface area (Å²) in [5.41, 5.74) is 7.24. The molecule has 2 rings (SSSR count). The molecule has 0 saturated heterocycles. The summed E-state index contributed by atoms with van der Waals surface area (Å²) in [6, 6.07) is 7.29. The lowest BCUT2D eigenvalue weighted by Gasteiger charge is -2.26. The standard InChI is InChI=1S/C16H24N2O2/c17-14-8-6-12(7-9-14)10-16(20)18-11-15(19)13-4-2-1-3-5-13/h6-9,13,15,19H,1-5,10-11,17H2,(H,18,20). The molecule has 4 N–H and O–H groups in total. The van der Waals surface area contributed by atoms with Crippen molar-refractivity contribution >= 4 is 11.6 Å². The lowest BCUT2D eigenvalue weighted by Crippen LogP contribution is -2.37. The van der Waals surface area contributed by atoms with Crippen LogP contribution in [-0.2, 0) is 11.2 Å². The first-order chi connectivity index (χ1) is 9.65. The molecule has 1 aromatic carbocycles. The van der Waals surface area contributed by atoms with Crippen molar-refractivity contribution in [3.8, 4) is 0 Å². The third-order valence-electron chi connectivity index (χ3n) is 4.05. The maximum absolute atomic E-state index is 11.8. The van der Waals surface area contributed by atoms with Crippen molar-refractivity contribution < 1.29 is 9.90 Å². The summed E-state index contributed by atoms with van der Waals surface area (Å²) < 4.78 is 0. The normalized spacial score (nSPS) is 17.6. The van der Waals surface area contributed by atoms with Gasteiger partial charge in [-0.25, -0.2) is 0 Å². The molecule has 20 heavy (non-hydrogen) atoms. The quantitative estimate of drug-likeness (QED) is 0.719. The van der Waals surface area contributed by atoms with Crippen molar-refractivity contribution in [1.82, 2.24) is 5.32 Å². The molecule has 1 amide bonds. The first kappa shape index (κ1) is 14.9. The van der Waals surface area contributed by atoms with Crippen molar-refractivity contribution in [2.24, 2.45) is 5.92 Å². The molecule has 1 saturated carbocycles. The van der Waals surface area contributed by atoms with Gasteiger partial charge in [0.1, 0.15) is 0 Å². The number of hydrogen-bond acceptors (Lipinski definition) is 3. The monoisotopic (exact) mass is 276 g/mol. The topological polar surface area (TPSA) is 75.4 Å². The van der Waals surface area contributed by atoms with E-state index in [9.17, 15) is 9.90 Å². The zero-order valence-corrected chi connectivity index (χ0v) is 11.8. The lowest BCUT2D eigenvalue weighted by molar-refractivity contribution is -0.121. The minimum absolute atomic E-state index is 0.0513. The Kier molecular flexibility index (Phi) is 5.41. The summed E-state index contributed by atoms with van der Waals surface area (Å²) in [5.74, 6) is 0.296. The first-order valence-corrected chi connectivity index (χ1v) is 7.44. The Morgan fingerprint density at radius 2 is 1.90 bits per heavy atom. The Hall–Kier alpha value is -1.55. The van der Waals surface area contributed by atoms with Crippen molar-refractivity contribution in [2.75, 3.05) is 12.3 Å². The molecule has 110 valence electrons. The van der Waals surface area contributed by atoms with Crippen molar-refractivity contribution in [3.05, 3.63) is 29.8 Å². The van der Waals surface area contributed by atoms with Gasteiger partial charge in [-0.3, -0.25) is 4.79 Å². The number of carbonyl (C=O) groups is 1. The summed E-state index contributed by atoms with van der Waals surface area (Å²) in [7, 11) is 0. The number of nitrogens with two attached hydrogens (primary N) is 1. The van der Waals surface area contributed by atoms with Crippen LogP contribution in [0.25, 0.3) is 0 Å². The molecule has 1 aliphatic rings. The van der Waals surface area contributed by atoms with E-state index in [1.54, 1.807) is 12.1 Å². The van der Waals surface area contributed by atoms with Crippen LogP contribution in [0.2, 0.25) is 0 Å². The Labute approximate surface area is 120 Å². The van der Waals surface area contributed by atoms with Gasteiger partial charge in [0.15, 0.2) is 0 Å². The van der Waals surface area contributed by atoms with Gasteiger partial charge in [-0.2, -0.15) is 0 Å². The van der Waals surface area contributed by atoms with Crippen LogP contribution in [0.4, 0.5) is 5.69 Å². The Balaban J connectivity index is 1.72. The predicted molar refractivity (Wildman–Crippen MR) is 80.1 cm³/mol. The molecular weight excluding hydrogens is 252 g/mol. The molecule has 0 bridgehead atoms. The molecule has 1 atom stereocenters. The SMILES string of the molecule is Nc1ccc(CC(=O)NCC(O)C2CCCCC2)cc1. The molecule has 0 aliphatic heterocycles. The van der Waals surface area contributed by atoms with Crippen LogP contribution in [0, 0.1) is 5.92 Å². The molecule has 4 nitrogen and oxygen atoms in total. The molecule has 1 fully saturated rings. The third kappa shape index (κ3) is 4.53. The highest BCUT2D eigenvalue weighted by Gasteiger charge is 2.21. The minimum atomic E-state index is -0.411. The van der Waals surface area contributed by atoms with Gasteiger partial charge in [0.25, 0.3) is 0 Å². The Bertz CT molecular complexity index is 425. The molecular formula is C16H24N2O2. The number of anilines is 1. The van der Waals surface area contributed by atoms with Crippen LogP contribution in [0.1, 0.15) is 37.7 Å². The number of aliphatic hydroxyl groups is 1.